The second-order valence-electron chi connectivity index (χ2n) is 10.2. The number of benzene rings is 4. The van der Waals surface area contributed by atoms with E-state index in [1.165, 1.54) is 18.5 Å². The number of hydrogen-bond acceptors (Lipinski definition) is 5. The molecular weight excluding hydrogens is 545 g/mol. The lowest BCUT2D eigenvalue weighted by Gasteiger charge is -2.15. The lowest BCUT2D eigenvalue weighted by atomic mass is 10.0. The maximum atomic E-state index is 15.3. The van der Waals surface area contributed by atoms with Crippen LogP contribution in [-0.2, 0) is 7.05 Å². The number of fused-ring (bicyclic) bond motifs is 3. The summed E-state index contributed by atoms with van der Waals surface area (Å²) in [5.41, 5.74) is 3.30. The molecule has 0 unspecified atom stereocenters. The van der Waals surface area contributed by atoms with Crippen LogP contribution in [0.3, 0.4) is 0 Å². The van der Waals surface area contributed by atoms with Crippen LogP contribution >= 0.6 is 0 Å². The second-order valence-corrected chi connectivity index (χ2v) is 10.2. The van der Waals surface area contributed by atoms with E-state index in [9.17, 15) is 9.59 Å². The molecule has 0 saturated heterocycles. The Morgan fingerprint density at radius 3 is 2.47 bits per heavy atom. The van der Waals surface area contributed by atoms with Gasteiger partial charge in [0.2, 0.25) is 11.3 Å². The third-order valence-corrected chi connectivity index (χ3v) is 7.71. The van der Waals surface area contributed by atoms with Gasteiger partial charge in [-0.15, -0.1) is 0 Å². The number of halogens is 1. The van der Waals surface area contributed by atoms with E-state index in [-0.39, 0.29) is 28.3 Å². The predicted octanol–water partition coefficient (Wildman–Crippen LogP) is 7.12. The van der Waals surface area contributed by atoms with E-state index >= 15 is 4.39 Å². The Bertz CT molecular complexity index is 2270. The van der Waals surface area contributed by atoms with Crippen LogP contribution in [0.15, 0.2) is 102 Å². The zero-order valence-electron chi connectivity index (χ0n) is 23.2. The van der Waals surface area contributed by atoms with Gasteiger partial charge in [0.1, 0.15) is 17.5 Å². The molecule has 0 saturated carbocycles. The highest BCUT2D eigenvalue weighted by molar-refractivity contribution is 6.08. The lowest BCUT2D eigenvalue weighted by Crippen LogP contribution is -2.26. The highest BCUT2D eigenvalue weighted by Crippen LogP contribution is 2.36. The predicted molar refractivity (Wildman–Crippen MR) is 165 cm³/mol. The zero-order chi connectivity index (χ0) is 29.7. The van der Waals surface area contributed by atoms with Gasteiger partial charge in [-0.25, -0.2) is 14.4 Å². The minimum Gasteiger partial charge on any atom is -0.435 e. The maximum Gasteiger partial charge on any atom is 0.261 e. The van der Waals surface area contributed by atoms with Crippen LogP contribution in [0, 0.1) is 12.7 Å². The monoisotopic (exact) mass is 569 g/mol. The summed E-state index contributed by atoms with van der Waals surface area (Å²) in [4.78, 5) is 38.6. The molecule has 0 aliphatic carbocycles. The molecule has 7 rings (SSSR count). The van der Waals surface area contributed by atoms with Crippen molar-refractivity contribution < 1.29 is 13.9 Å². The molecule has 8 nitrogen and oxygen atoms in total. The van der Waals surface area contributed by atoms with Crippen LogP contribution in [0.25, 0.3) is 43.8 Å². The van der Waals surface area contributed by atoms with Crippen molar-refractivity contribution >= 4 is 44.3 Å². The second kappa shape index (κ2) is 10.2. The van der Waals surface area contributed by atoms with Crippen molar-refractivity contribution in [3.05, 3.63) is 125 Å². The third kappa shape index (κ3) is 4.47. The number of hydrogen-bond donors (Lipinski definition) is 2. The SMILES string of the molecule is Cc1c(C(=O)Nc2ccc(Oc3ncnc4[nH]cc(-c5ccccc5)c34)c(F)c2)c(=O)c2cc3ccccc3cc2n1C. The molecule has 43 heavy (non-hydrogen) atoms. The van der Waals surface area contributed by atoms with Gasteiger partial charge in [-0.1, -0.05) is 54.6 Å². The summed E-state index contributed by atoms with van der Waals surface area (Å²) in [5, 5.41) is 5.62. The fourth-order valence-corrected chi connectivity index (χ4v) is 5.42. The summed E-state index contributed by atoms with van der Waals surface area (Å²) < 4.78 is 23.1. The van der Waals surface area contributed by atoms with Crippen molar-refractivity contribution in [3.63, 3.8) is 0 Å². The number of rotatable bonds is 5. The molecular formula is C34H24FN5O3. The largest absolute Gasteiger partial charge is 0.435 e. The number of pyridine rings is 1. The lowest BCUT2D eigenvalue weighted by molar-refractivity contribution is 0.102. The molecule has 0 aliphatic heterocycles. The third-order valence-electron chi connectivity index (χ3n) is 7.71. The quantitative estimate of drug-likeness (QED) is 0.215. The summed E-state index contributed by atoms with van der Waals surface area (Å²) in [6.07, 6.45) is 3.14. The van der Waals surface area contributed by atoms with Crippen LogP contribution in [0.4, 0.5) is 10.1 Å². The van der Waals surface area contributed by atoms with E-state index in [0.717, 1.165) is 33.5 Å². The number of amides is 1. The number of aryl methyl sites for hydroxylation is 1. The molecule has 0 aliphatic rings. The van der Waals surface area contributed by atoms with Crippen molar-refractivity contribution in [2.45, 2.75) is 6.92 Å². The van der Waals surface area contributed by atoms with Crippen molar-refractivity contribution in [2.24, 2.45) is 7.05 Å². The van der Waals surface area contributed by atoms with Crippen molar-refractivity contribution in [1.82, 2.24) is 19.5 Å². The molecule has 7 aromatic rings. The Morgan fingerprint density at radius 1 is 0.953 bits per heavy atom. The normalized spacial score (nSPS) is 11.3. The number of ether oxygens (including phenoxy) is 1. The minimum absolute atomic E-state index is 0.00436. The van der Waals surface area contributed by atoms with Crippen LogP contribution in [-0.4, -0.2) is 25.4 Å². The van der Waals surface area contributed by atoms with E-state index < -0.39 is 11.7 Å². The van der Waals surface area contributed by atoms with E-state index in [0.29, 0.717) is 22.1 Å². The van der Waals surface area contributed by atoms with Gasteiger partial charge in [0.05, 0.1) is 10.9 Å². The fraction of sp³-hybridized carbons (Fsp3) is 0.0588. The Hall–Kier alpha value is -5.83. The molecule has 0 radical (unpaired) electrons. The van der Waals surface area contributed by atoms with E-state index in [2.05, 4.69) is 20.3 Å². The first-order chi connectivity index (χ1) is 20.9. The molecule has 1 amide bonds. The molecule has 0 atom stereocenters. The molecule has 0 bridgehead atoms. The van der Waals surface area contributed by atoms with Crippen LogP contribution in [0.5, 0.6) is 11.6 Å². The van der Waals surface area contributed by atoms with Crippen molar-refractivity contribution in [3.8, 4) is 22.8 Å². The Kier molecular flexibility index (Phi) is 6.20. The first-order valence-electron chi connectivity index (χ1n) is 13.6. The van der Waals surface area contributed by atoms with Gasteiger partial charge in [0, 0.05) is 41.6 Å². The van der Waals surface area contributed by atoms with Crippen molar-refractivity contribution in [1.29, 1.82) is 0 Å². The first-order valence-corrected chi connectivity index (χ1v) is 13.6. The van der Waals surface area contributed by atoms with E-state index in [1.54, 1.807) is 19.2 Å². The molecule has 0 fully saturated rings. The number of nitrogens with zero attached hydrogens (tertiary/aromatic N) is 3. The molecule has 210 valence electrons. The maximum absolute atomic E-state index is 15.3. The van der Waals surface area contributed by atoms with Gasteiger partial charge >= 0.3 is 0 Å². The topological polar surface area (TPSA) is 102 Å². The number of aromatic nitrogens is 4. The fourth-order valence-electron chi connectivity index (χ4n) is 5.42. The summed E-state index contributed by atoms with van der Waals surface area (Å²) in [6.45, 7) is 1.72. The Morgan fingerprint density at radius 2 is 1.70 bits per heavy atom. The smallest absolute Gasteiger partial charge is 0.261 e. The average molecular weight is 570 g/mol. The molecule has 0 spiro atoms. The molecule has 3 aromatic heterocycles. The molecule has 9 heteroatoms. The number of nitrogens with one attached hydrogen (secondary N) is 2. The van der Waals surface area contributed by atoms with Crippen LogP contribution in [0.2, 0.25) is 0 Å². The Balaban J connectivity index is 1.20. The zero-order valence-corrected chi connectivity index (χ0v) is 23.2. The van der Waals surface area contributed by atoms with Crippen LogP contribution < -0.4 is 15.5 Å². The molecule has 4 aromatic carbocycles. The summed E-state index contributed by atoms with van der Waals surface area (Å²) in [7, 11) is 1.81. The van der Waals surface area contributed by atoms with Gasteiger partial charge < -0.3 is 19.6 Å². The molecule has 2 N–H and O–H groups in total. The highest BCUT2D eigenvalue weighted by atomic mass is 19.1. The number of carbonyl (C=O) groups excluding carboxylic acids is 1. The van der Waals surface area contributed by atoms with Gasteiger partial charge in [-0.05, 0) is 47.5 Å². The van der Waals surface area contributed by atoms with Gasteiger partial charge in [-0.2, -0.15) is 0 Å². The Labute approximate surface area is 244 Å². The number of H-pyrrole nitrogens is 1. The number of carbonyl (C=O) groups is 1. The van der Waals surface area contributed by atoms with E-state index in [4.69, 9.17) is 4.74 Å². The molecule has 3 heterocycles. The van der Waals surface area contributed by atoms with Crippen molar-refractivity contribution in [2.75, 3.05) is 5.32 Å². The minimum atomic E-state index is -0.712. The number of anilines is 1. The highest BCUT2D eigenvalue weighted by Gasteiger charge is 2.21. The standard InChI is InChI=1S/C34H24FN5O3/c1-19-29(31(41)24-14-21-10-6-7-11-22(21)15-27(24)40(19)2)33(42)39-23-12-13-28(26(35)16-23)43-34-30-25(20-8-4-3-5-9-20)17-36-32(30)37-18-38-34/h3-18H,1-2H3,(H,39,42)(H,36,37,38). The van der Waals surface area contributed by atoms with E-state index in [1.807, 2.05) is 72.3 Å². The van der Waals surface area contributed by atoms with Gasteiger partial charge in [0.25, 0.3) is 5.91 Å². The number of aromatic amines is 1. The summed E-state index contributed by atoms with van der Waals surface area (Å²) in [5.74, 6) is -1.24. The average Bonchev–Trinajstić information content (AvgIpc) is 3.46. The first kappa shape index (κ1) is 26.1. The summed E-state index contributed by atoms with van der Waals surface area (Å²) >= 11 is 0. The van der Waals surface area contributed by atoms with Gasteiger partial charge in [0.15, 0.2) is 11.6 Å². The van der Waals surface area contributed by atoms with Crippen LogP contribution in [0.1, 0.15) is 16.1 Å². The van der Waals surface area contributed by atoms with Gasteiger partial charge in [-0.3, -0.25) is 9.59 Å². The summed E-state index contributed by atoms with van der Waals surface area (Å²) in [6, 6.07) is 25.2.